The summed E-state index contributed by atoms with van der Waals surface area (Å²) in [4.78, 5) is 4.21. The number of nitrogens with zero attached hydrogens (tertiary/aromatic N) is 1. The van der Waals surface area contributed by atoms with Crippen LogP contribution in [-0.2, 0) is 4.74 Å². The molecule has 23 heavy (non-hydrogen) atoms. The molecule has 0 aliphatic carbocycles. The number of methoxy groups -OCH3 is 3. The summed E-state index contributed by atoms with van der Waals surface area (Å²) in [7, 11) is 6.72. The van der Waals surface area contributed by atoms with E-state index in [0.29, 0.717) is 11.5 Å². The Hall–Kier alpha value is -1.22. The lowest BCUT2D eigenvalue weighted by Crippen LogP contribution is -2.31. The molecular weight excluding hydrogens is 409 g/mol. The van der Waals surface area contributed by atoms with Crippen molar-refractivity contribution >= 4 is 35.6 Å². The molecule has 2 N–H and O–H groups in total. The lowest BCUT2D eigenvalue weighted by Gasteiger charge is -2.14. The highest BCUT2D eigenvalue weighted by molar-refractivity contribution is 14.0. The Kier molecular flexibility index (Phi) is 12.5. The fraction of sp³-hybridized carbons (Fsp3) is 0.562. The Labute approximate surface area is 156 Å². The summed E-state index contributed by atoms with van der Waals surface area (Å²) in [5.74, 6) is 2.12. The van der Waals surface area contributed by atoms with Crippen molar-refractivity contribution in [1.82, 2.24) is 5.32 Å². The molecule has 1 rings (SSSR count). The summed E-state index contributed by atoms with van der Waals surface area (Å²) in [5, 5.41) is 6.52. The van der Waals surface area contributed by atoms with Gasteiger partial charge in [-0.2, -0.15) is 0 Å². The third kappa shape index (κ3) is 8.26. The van der Waals surface area contributed by atoms with Crippen LogP contribution in [-0.4, -0.2) is 47.5 Å². The standard InChI is InChI=1S/C16H27N3O3.HI/c1-17-16(18-10-6-5-7-11-20-2)19-13-8-9-14(21-3)15(12-13)22-4;/h8-9,12H,5-7,10-11H2,1-4H3,(H2,17,18,19);1H. The molecule has 0 aliphatic heterocycles. The van der Waals surface area contributed by atoms with E-state index in [2.05, 4.69) is 15.6 Å². The minimum absolute atomic E-state index is 0. The van der Waals surface area contributed by atoms with Gasteiger partial charge >= 0.3 is 0 Å². The number of nitrogens with one attached hydrogen (secondary N) is 2. The van der Waals surface area contributed by atoms with E-state index in [9.17, 15) is 0 Å². The first-order valence-corrected chi connectivity index (χ1v) is 7.43. The van der Waals surface area contributed by atoms with E-state index < -0.39 is 0 Å². The molecule has 6 nitrogen and oxygen atoms in total. The minimum Gasteiger partial charge on any atom is -0.493 e. The topological polar surface area (TPSA) is 64.1 Å². The molecule has 132 valence electrons. The van der Waals surface area contributed by atoms with Crippen LogP contribution in [0.1, 0.15) is 19.3 Å². The zero-order chi connectivity index (χ0) is 16.2. The van der Waals surface area contributed by atoms with E-state index in [4.69, 9.17) is 14.2 Å². The highest BCUT2D eigenvalue weighted by Gasteiger charge is 2.06. The fourth-order valence-corrected chi connectivity index (χ4v) is 1.98. The Balaban J connectivity index is 0.00000484. The average molecular weight is 437 g/mol. The Bertz CT molecular complexity index is 470. The second kappa shape index (κ2) is 13.2. The van der Waals surface area contributed by atoms with Crippen LogP contribution in [0.3, 0.4) is 0 Å². The van der Waals surface area contributed by atoms with E-state index >= 15 is 0 Å². The summed E-state index contributed by atoms with van der Waals surface area (Å²) >= 11 is 0. The van der Waals surface area contributed by atoms with Crippen LogP contribution in [0.4, 0.5) is 5.69 Å². The van der Waals surface area contributed by atoms with E-state index in [1.807, 2.05) is 18.2 Å². The zero-order valence-corrected chi connectivity index (χ0v) is 16.7. The van der Waals surface area contributed by atoms with E-state index in [1.54, 1.807) is 28.4 Å². The lowest BCUT2D eigenvalue weighted by atomic mass is 10.2. The van der Waals surface area contributed by atoms with Crippen molar-refractivity contribution in [1.29, 1.82) is 0 Å². The molecular formula is C16H28IN3O3. The Morgan fingerprint density at radius 3 is 2.39 bits per heavy atom. The third-order valence-corrected chi connectivity index (χ3v) is 3.19. The summed E-state index contributed by atoms with van der Waals surface area (Å²) in [6.45, 7) is 1.69. The molecule has 1 aromatic carbocycles. The number of aliphatic imine (C=N–C) groups is 1. The molecule has 0 aromatic heterocycles. The van der Waals surface area contributed by atoms with Gasteiger partial charge in [-0.1, -0.05) is 0 Å². The summed E-state index contributed by atoms with van der Waals surface area (Å²) in [6.07, 6.45) is 3.30. The number of guanidine groups is 1. The summed E-state index contributed by atoms with van der Waals surface area (Å²) in [6, 6.07) is 5.66. The van der Waals surface area contributed by atoms with Crippen LogP contribution >= 0.6 is 24.0 Å². The van der Waals surface area contributed by atoms with Gasteiger partial charge in [0.05, 0.1) is 14.2 Å². The fourth-order valence-electron chi connectivity index (χ4n) is 1.98. The largest absolute Gasteiger partial charge is 0.493 e. The maximum Gasteiger partial charge on any atom is 0.195 e. The first kappa shape index (κ1) is 21.8. The predicted octanol–water partition coefficient (Wildman–Crippen LogP) is 3.13. The van der Waals surface area contributed by atoms with Crippen LogP contribution < -0.4 is 20.1 Å². The molecule has 0 saturated heterocycles. The maximum atomic E-state index is 5.29. The van der Waals surface area contributed by atoms with Crippen LogP contribution in [0.2, 0.25) is 0 Å². The van der Waals surface area contributed by atoms with Crippen LogP contribution in [0.25, 0.3) is 0 Å². The highest BCUT2D eigenvalue weighted by Crippen LogP contribution is 2.29. The number of ether oxygens (including phenoxy) is 3. The number of benzene rings is 1. The SMILES string of the molecule is CN=C(NCCCCCOC)Nc1ccc(OC)c(OC)c1.I. The van der Waals surface area contributed by atoms with E-state index in [0.717, 1.165) is 44.1 Å². The van der Waals surface area contributed by atoms with Gasteiger partial charge in [0.2, 0.25) is 0 Å². The Morgan fingerprint density at radius 1 is 1.04 bits per heavy atom. The maximum absolute atomic E-state index is 5.29. The molecule has 0 saturated carbocycles. The third-order valence-electron chi connectivity index (χ3n) is 3.19. The van der Waals surface area contributed by atoms with Crippen molar-refractivity contribution in [3.05, 3.63) is 18.2 Å². The van der Waals surface area contributed by atoms with Crippen molar-refractivity contribution in [3.63, 3.8) is 0 Å². The van der Waals surface area contributed by atoms with Crippen molar-refractivity contribution < 1.29 is 14.2 Å². The number of rotatable bonds is 9. The lowest BCUT2D eigenvalue weighted by molar-refractivity contribution is 0.192. The monoisotopic (exact) mass is 437 g/mol. The summed E-state index contributed by atoms with van der Waals surface area (Å²) in [5.41, 5.74) is 0.894. The van der Waals surface area contributed by atoms with Crippen molar-refractivity contribution in [2.75, 3.05) is 46.8 Å². The minimum atomic E-state index is 0. The van der Waals surface area contributed by atoms with Gasteiger partial charge in [-0.3, -0.25) is 4.99 Å². The highest BCUT2D eigenvalue weighted by atomic mass is 127. The number of anilines is 1. The van der Waals surface area contributed by atoms with Gasteiger partial charge in [0.25, 0.3) is 0 Å². The van der Waals surface area contributed by atoms with Gasteiger partial charge in [-0.05, 0) is 31.4 Å². The predicted molar refractivity (Wildman–Crippen MR) is 106 cm³/mol. The molecule has 0 unspecified atom stereocenters. The molecule has 0 bridgehead atoms. The average Bonchev–Trinajstić information content (AvgIpc) is 2.56. The summed E-state index contributed by atoms with van der Waals surface area (Å²) < 4.78 is 15.5. The first-order chi connectivity index (χ1) is 10.7. The number of hydrogen-bond acceptors (Lipinski definition) is 4. The number of halogens is 1. The van der Waals surface area contributed by atoms with Gasteiger partial charge < -0.3 is 24.8 Å². The van der Waals surface area contributed by atoms with Crippen LogP contribution in [0, 0.1) is 0 Å². The molecule has 0 spiro atoms. The molecule has 7 heteroatoms. The molecule has 0 radical (unpaired) electrons. The van der Waals surface area contributed by atoms with Crippen molar-refractivity contribution in [2.24, 2.45) is 4.99 Å². The van der Waals surface area contributed by atoms with Crippen molar-refractivity contribution in [2.45, 2.75) is 19.3 Å². The molecule has 0 heterocycles. The number of hydrogen-bond donors (Lipinski definition) is 2. The molecule has 0 fully saturated rings. The zero-order valence-electron chi connectivity index (χ0n) is 14.3. The Morgan fingerprint density at radius 2 is 1.78 bits per heavy atom. The second-order valence-corrected chi connectivity index (χ2v) is 4.75. The van der Waals surface area contributed by atoms with Gasteiger partial charge in [0.1, 0.15) is 0 Å². The smallest absolute Gasteiger partial charge is 0.195 e. The first-order valence-electron chi connectivity index (χ1n) is 7.43. The van der Waals surface area contributed by atoms with E-state index in [1.165, 1.54) is 0 Å². The second-order valence-electron chi connectivity index (χ2n) is 4.75. The molecule has 0 atom stereocenters. The van der Waals surface area contributed by atoms with Gasteiger partial charge in [0.15, 0.2) is 17.5 Å². The van der Waals surface area contributed by atoms with Crippen LogP contribution in [0.5, 0.6) is 11.5 Å². The quantitative estimate of drug-likeness (QED) is 0.269. The molecule has 1 aromatic rings. The number of unbranched alkanes of at least 4 members (excludes halogenated alkanes) is 2. The molecule has 0 aliphatic rings. The van der Waals surface area contributed by atoms with E-state index in [-0.39, 0.29) is 24.0 Å². The van der Waals surface area contributed by atoms with Crippen LogP contribution in [0.15, 0.2) is 23.2 Å². The van der Waals surface area contributed by atoms with Gasteiger partial charge in [-0.25, -0.2) is 0 Å². The molecule has 0 amide bonds. The van der Waals surface area contributed by atoms with Gasteiger partial charge in [-0.15, -0.1) is 24.0 Å². The van der Waals surface area contributed by atoms with Crippen molar-refractivity contribution in [3.8, 4) is 11.5 Å². The van der Waals surface area contributed by atoms with Gasteiger partial charge in [0, 0.05) is 39.1 Å². The normalized spacial score (nSPS) is 10.7.